The Bertz CT molecular complexity index is 366. The molecule has 0 atom stereocenters. The maximum atomic E-state index is 12.7. The molecule has 92 valence electrons. The van der Waals surface area contributed by atoms with E-state index in [0.29, 0.717) is 5.75 Å². The highest BCUT2D eigenvalue weighted by molar-refractivity contribution is 5.82. The number of halogens is 1. The van der Waals surface area contributed by atoms with E-state index in [-0.39, 0.29) is 24.1 Å². The van der Waals surface area contributed by atoms with E-state index in [2.05, 4.69) is 0 Å². The molecule has 17 heavy (non-hydrogen) atoms. The van der Waals surface area contributed by atoms with Crippen LogP contribution in [0.25, 0.3) is 0 Å². The first-order chi connectivity index (χ1) is 8.25. The second-order valence-electron chi connectivity index (χ2n) is 4.54. The van der Waals surface area contributed by atoms with Crippen molar-refractivity contribution in [3.63, 3.8) is 0 Å². The average Bonchev–Trinajstić information content (AvgIpc) is 2.39. The van der Waals surface area contributed by atoms with Crippen molar-refractivity contribution < 1.29 is 13.9 Å². The SMILES string of the molecule is O=C(COc1ccc(F)cc1)C1CCCCC1. The molecule has 1 aromatic rings. The largest absolute Gasteiger partial charge is 0.486 e. The molecule has 0 amide bonds. The van der Waals surface area contributed by atoms with Crippen molar-refractivity contribution in [2.24, 2.45) is 5.92 Å². The number of benzene rings is 1. The molecule has 0 heterocycles. The van der Waals surface area contributed by atoms with Crippen molar-refractivity contribution in [2.45, 2.75) is 32.1 Å². The molecule has 2 nitrogen and oxygen atoms in total. The number of hydrogen-bond donors (Lipinski definition) is 0. The zero-order chi connectivity index (χ0) is 12.1. The Kier molecular flexibility index (Phi) is 4.13. The van der Waals surface area contributed by atoms with Crippen LogP contribution in [0.3, 0.4) is 0 Å². The summed E-state index contributed by atoms with van der Waals surface area (Å²) in [5.74, 6) is 0.602. The summed E-state index contributed by atoms with van der Waals surface area (Å²) in [6.45, 7) is 0.107. The number of carbonyl (C=O) groups is 1. The molecule has 0 spiro atoms. The topological polar surface area (TPSA) is 26.3 Å². The zero-order valence-electron chi connectivity index (χ0n) is 9.82. The standard InChI is InChI=1S/C14H17FO2/c15-12-6-8-13(9-7-12)17-10-14(16)11-4-2-1-3-5-11/h6-9,11H,1-5,10H2. The summed E-state index contributed by atoms with van der Waals surface area (Å²) in [6, 6.07) is 5.76. The number of rotatable bonds is 4. The summed E-state index contributed by atoms with van der Waals surface area (Å²) in [6.07, 6.45) is 5.51. The Balaban J connectivity index is 1.81. The summed E-state index contributed by atoms with van der Waals surface area (Å²) >= 11 is 0. The third kappa shape index (κ3) is 3.55. The molecule has 0 aromatic heterocycles. The van der Waals surface area contributed by atoms with Crippen molar-refractivity contribution in [1.82, 2.24) is 0 Å². The molecule has 1 aliphatic carbocycles. The first kappa shape index (κ1) is 12.1. The molecule has 0 aliphatic heterocycles. The van der Waals surface area contributed by atoms with Gasteiger partial charge in [0.05, 0.1) is 0 Å². The average molecular weight is 236 g/mol. The molecule has 1 aromatic carbocycles. The normalized spacial score (nSPS) is 16.8. The maximum Gasteiger partial charge on any atom is 0.173 e. The molecule has 1 saturated carbocycles. The van der Waals surface area contributed by atoms with E-state index in [9.17, 15) is 9.18 Å². The molecule has 2 rings (SSSR count). The molecule has 0 N–H and O–H groups in total. The van der Waals surface area contributed by atoms with Crippen LogP contribution in [0.15, 0.2) is 24.3 Å². The van der Waals surface area contributed by atoms with E-state index in [1.165, 1.54) is 18.6 Å². The van der Waals surface area contributed by atoms with Gasteiger partial charge in [-0.05, 0) is 37.1 Å². The van der Waals surface area contributed by atoms with Gasteiger partial charge in [0.25, 0.3) is 0 Å². The molecule has 0 unspecified atom stereocenters. The molecule has 1 fully saturated rings. The van der Waals surface area contributed by atoms with Gasteiger partial charge in [-0.25, -0.2) is 4.39 Å². The molecule has 0 bridgehead atoms. The Hall–Kier alpha value is -1.38. The fraction of sp³-hybridized carbons (Fsp3) is 0.500. The number of Topliss-reactive ketones (excluding diaryl/α,β-unsaturated/α-hetero) is 1. The van der Waals surface area contributed by atoms with Crippen LogP contribution in [-0.4, -0.2) is 12.4 Å². The van der Waals surface area contributed by atoms with Crippen LogP contribution >= 0.6 is 0 Å². The highest BCUT2D eigenvalue weighted by atomic mass is 19.1. The number of ether oxygens (including phenoxy) is 1. The monoisotopic (exact) mass is 236 g/mol. The van der Waals surface area contributed by atoms with Gasteiger partial charge in [-0.1, -0.05) is 19.3 Å². The second-order valence-corrected chi connectivity index (χ2v) is 4.54. The van der Waals surface area contributed by atoms with Gasteiger partial charge < -0.3 is 4.74 Å². The molecule has 1 aliphatic rings. The quantitative estimate of drug-likeness (QED) is 0.801. The predicted octanol–water partition coefficient (Wildman–Crippen LogP) is 3.35. The lowest BCUT2D eigenvalue weighted by molar-refractivity contribution is -0.125. The third-order valence-corrected chi connectivity index (χ3v) is 3.26. The van der Waals surface area contributed by atoms with Gasteiger partial charge in [0, 0.05) is 5.92 Å². The van der Waals surface area contributed by atoms with Crippen molar-refractivity contribution in [2.75, 3.05) is 6.61 Å². The van der Waals surface area contributed by atoms with Crippen LogP contribution in [0.4, 0.5) is 4.39 Å². The summed E-state index contributed by atoms with van der Waals surface area (Å²) in [5, 5.41) is 0. The highest BCUT2D eigenvalue weighted by Gasteiger charge is 2.21. The summed E-state index contributed by atoms with van der Waals surface area (Å²) < 4.78 is 18.0. The van der Waals surface area contributed by atoms with Crippen molar-refractivity contribution >= 4 is 5.78 Å². The number of hydrogen-bond acceptors (Lipinski definition) is 2. The smallest absolute Gasteiger partial charge is 0.173 e. The van der Waals surface area contributed by atoms with Crippen molar-refractivity contribution in [3.8, 4) is 5.75 Å². The van der Waals surface area contributed by atoms with Gasteiger partial charge >= 0.3 is 0 Å². The van der Waals surface area contributed by atoms with Gasteiger partial charge in [0.2, 0.25) is 0 Å². The fourth-order valence-electron chi connectivity index (χ4n) is 2.23. The summed E-state index contributed by atoms with van der Waals surface area (Å²) in [4.78, 5) is 11.8. The first-order valence-corrected chi connectivity index (χ1v) is 6.17. The first-order valence-electron chi connectivity index (χ1n) is 6.17. The minimum Gasteiger partial charge on any atom is -0.486 e. The minimum atomic E-state index is -0.295. The summed E-state index contributed by atoms with van der Waals surface area (Å²) in [5.41, 5.74) is 0. The van der Waals surface area contributed by atoms with E-state index in [1.54, 1.807) is 12.1 Å². The molecular formula is C14H17FO2. The Morgan fingerprint density at radius 1 is 1.18 bits per heavy atom. The molecule has 0 radical (unpaired) electrons. The number of carbonyl (C=O) groups excluding carboxylic acids is 1. The van der Waals surface area contributed by atoms with Gasteiger partial charge in [-0.15, -0.1) is 0 Å². The van der Waals surface area contributed by atoms with Gasteiger partial charge in [-0.3, -0.25) is 4.79 Å². The zero-order valence-corrected chi connectivity index (χ0v) is 9.82. The van der Waals surface area contributed by atoms with Crippen LogP contribution in [0.1, 0.15) is 32.1 Å². The van der Waals surface area contributed by atoms with E-state index in [0.717, 1.165) is 25.7 Å². The lowest BCUT2D eigenvalue weighted by Crippen LogP contribution is -2.23. The summed E-state index contributed by atoms with van der Waals surface area (Å²) in [7, 11) is 0. The van der Waals surface area contributed by atoms with Crippen molar-refractivity contribution in [3.05, 3.63) is 30.1 Å². The van der Waals surface area contributed by atoms with Gasteiger partial charge in [0.1, 0.15) is 18.2 Å². The lowest BCUT2D eigenvalue weighted by atomic mass is 9.86. The van der Waals surface area contributed by atoms with Crippen LogP contribution < -0.4 is 4.74 Å². The second kappa shape index (κ2) is 5.80. The maximum absolute atomic E-state index is 12.7. The fourth-order valence-corrected chi connectivity index (χ4v) is 2.23. The van der Waals surface area contributed by atoms with Crippen LogP contribution in [-0.2, 0) is 4.79 Å². The third-order valence-electron chi connectivity index (χ3n) is 3.26. The van der Waals surface area contributed by atoms with Crippen LogP contribution in [0.2, 0.25) is 0 Å². The van der Waals surface area contributed by atoms with Gasteiger partial charge in [-0.2, -0.15) is 0 Å². The number of ketones is 1. The van der Waals surface area contributed by atoms with E-state index in [4.69, 9.17) is 4.74 Å². The van der Waals surface area contributed by atoms with E-state index >= 15 is 0 Å². The lowest BCUT2D eigenvalue weighted by Gasteiger charge is -2.20. The molecular weight excluding hydrogens is 219 g/mol. The van der Waals surface area contributed by atoms with Crippen molar-refractivity contribution in [1.29, 1.82) is 0 Å². The van der Waals surface area contributed by atoms with Crippen LogP contribution in [0.5, 0.6) is 5.75 Å². The Labute approximate surface area is 101 Å². The molecule has 3 heteroatoms. The Morgan fingerprint density at radius 2 is 1.82 bits per heavy atom. The van der Waals surface area contributed by atoms with Gasteiger partial charge in [0.15, 0.2) is 5.78 Å². The van der Waals surface area contributed by atoms with Crippen LogP contribution in [0, 0.1) is 11.7 Å². The highest BCUT2D eigenvalue weighted by Crippen LogP contribution is 2.24. The van der Waals surface area contributed by atoms with E-state index < -0.39 is 0 Å². The molecule has 0 saturated heterocycles. The Morgan fingerprint density at radius 3 is 2.47 bits per heavy atom. The van der Waals surface area contributed by atoms with E-state index in [1.807, 2.05) is 0 Å². The predicted molar refractivity (Wildman–Crippen MR) is 63.5 cm³/mol. The minimum absolute atomic E-state index is 0.107.